The van der Waals surface area contributed by atoms with Gasteiger partial charge in [0.15, 0.2) is 0 Å². The molecule has 0 saturated carbocycles. The van der Waals surface area contributed by atoms with E-state index in [1.165, 1.54) is 0 Å². The van der Waals surface area contributed by atoms with Crippen molar-refractivity contribution in [1.29, 1.82) is 0 Å². The number of imidazole rings is 1. The molecule has 3 heteroatoms. The number of pyridine rings is 1. The van der Waals surface area contributed by atoms with Crippen molar-refractivity contribution in [2.75, 3.05) is 7.11 Å². The lowest BCUT2D eigenvalue weighted by Gasteiger charge is -2.05. The van der Waals surface area contributed by atoms with E-state index >= 15 is 0 Å². The predicted octanol–water partition coefficient (Wildman–Crippen LogP) is 3.01. The molecule has 0 fully saturated rings. The van der Waals surface area contributed by atoms with Gasteiger partial charge in [-0.1, -0.05) is 18.2 Å². The minimum absolute atomic E-state index is 0.869. The van der Waals surface area contributed by atoms with Gasteiger partial charge in [-0.3, -0.25) is 0 Å². The van der Waals surface area contributed by atoms with Crippen molar-refractivity contribution in [3.63, 3.8) is 0 Å². The lowest BCUT2D eigenvalue weighted by molar-refractivity contribution is 0.415. The highest BCUT2D eigenvalue weighted by atomic mass is 16.5. The Morgan fingerprint density at radius 1 is 1.12 bits per heavy atom. The third-order valence-corrected chi connectivity index (χ3v) is 2.81. The van der Waals surface area contributed by atoms with Crippen molar-refractivity contribution < 1.29 is 4.74 Å². The second-order valence-electron chi connectivity index (χ2n) is 3.88. The Bertz CT molecular complexity index is 658. The average molecular weight is 224 g/mol. The molecule has 0 bridgehead atoms. The monoisotopic (exact) mass is 224 g/mol. The molecule has 0 unspecified atom stereocenters. The zero-order valence-corrected chi connectivity index (χ0v) is 9.50. The second kappa shape index (κ2) is 3.94. The third kappa shape index (κ3) is 1.76. The topological polar surface area (TPSA) is 26.5 Å². The van der Waals surface area contributed by atoms with Crippen LogP contribution < -0.4 is 4.74 Å². The first kappa shape index (κ1) is 9.90. The van der Waals surface area contributed by atoms with Crippen LogP contribution in [0.15, 0.2) is 55.1 Å². The maximum Gasteiger partial charge on any atom is 0.119 e. The van der Waals surface area contributed by atoms with Gasteiger partial charge < -0.3 is 9.14 Å². The Kier molecular flexibility index (Phi) is 2.29. The van der Waals surface area contributed by atoms with Crippen LogP contribution in [0.2, 0.25) is 0 Å². The quantitative estimate of drug-likeness (QED) is 0.669. The zero-order chi connectivity index (χ0) is 11.7. The SMILES string of the molecule is COc1cccc(-c2ccc3cncn3c2)c1. The summed E-state index contributed by atoms with van der Waals surface area (Å²) in [5.41, 5.74) is 3.38. The van der Waals surface area contributed by atoms with Crippen molar-refractivity contribution in [1.82, 2.24) is 9.38 Å². The maximum atomic E-state index is 5.23. The van der Waals surface area contributed by atoms with Gasteiger partial charge in [0, 0.05) is 6.20 Å². The molecule has 0 radical (unpaired) electrons. The lowest BCUT2D eigenvalue weighted by atomic mass is 10.1. The van der Waals surface area contributed by atoms with Crippen LogP contribution in [0.5, 0.6) is 5.75 Å². The summed E-state index contributed by atoms with van der Waals surface area (Å²) < 4.78 is 7.24. The van der Waals surface area contributed by atoms with Gasteiger partial charge >= 0.3 is 0 Å². The fourth-order valence-electron chi connectivity index (χ4n) is 1.89. The molecule has 0 aliphatic heterocycles. The largest absolute Gasteiger partial charge is 0.497 e. The molecule has 0 N–H and O–H groups in total. The molecule has 0 spiro atoms. The molecular formula is C14H12N2O. The molecule has 0 aliphatic rings. The summed E-state index contributed by atoms with van der Waals surface area (Å²) in [4.78, 5) is 4.11. The Labute approximate surface area is 99.3 Å². The van der Waals surface area contributed by atoms with E-state index in [-0.39, 0.29) is 0 Å². The Balaban J connectivity index is 2.12. The zero-order valence-electron chi connectivity index (χ0n) is 9.50. The summed E-state index contributed by atoms with van der Waals surface area (Å²) in [7, 11) is 1.68. The standard InChI is InChI=1S/C14H12N2O/c1-17-14-4-2-3-11(7-14)12-5-6-13-8-15-10-16(13)9-12/h2-10H,1H3. The highest BCUT2D eigenvalue weighted by Crippen LogP contribution is 2.24. The van der Waals surface area contributed by atoms with Crippen molar-refractivity contribution >= 4 is 5.52 Å². The highest BCUT2D eigenvalue weighted by molar-refractivity contribution is 5.66. The molecule has 0 amide bonds. The highest BCUT2D eigenvalue weighted by Gasteiger charge is 2.01. The van der Waals surface area contributed by atoms with Crippen LogP contribution in [0.25, 0.3) is 16.6 Å². The molecule has 17 heavy (non-hydrogen) atoms. The van der Waals surface area contributed by atoms with Crippen LogP contribution >= 0.6 is 0 Å². The molecule has 2 heterocycles. The van der Waals surface area contributed by atoms with Gasteiger partial charge in [0.1, 0.15) is 5.75 Å². The number of benzene rings is 1. The second-order valence-corrected chi connectivity index (χ2v) is 3.88. The van der Waals surface area contributed by atoms with E-state index in [0.29, 0.717) is 0 Å². The van der Waals surface area contributed by atoms with E-state index in [2.05, 4.69) is 29.4 Å². The van der Waals surface area contributed by atoms with Gasteiger partial charge in [-0.05, 0) is 29.3 Å². The van der Waals surface area contributed by atoms with Gasteiger partial charge in [0.05, 0.1) is 25.2 Å². The van der Waals surface area contributed by atoms with Gasteiger partial charge in [0.25, 0.3) is 0 Å². The van der Waals surface area contributed by atoms with E-state index in [1.807, 2.05) is 28.8 Å². The molecule has 0 aliphatic carbocycles. The molecule has 0 saturated heterocycles. The normalized spacial score (nSPS) is 10.6. The van der Waals surface area contributed by atoms with Crippen LogP contribution in [0, 0.1) is 0 Å². The molecular weight excluding hydrogens is 212 g/mol. The minimum Gasteiger partial charge on any atom is -0.497 e. The summed E-state index contributed by atoms with van der Waals surface area (Å²) in [5.74, 6) is 0.869. The Morgan fingerprint density at radius 2 is 2.06 bits per heavy atom. The van der Waals surface area contributed by atoms with Crippen LogP contribution in [-0.4, -0.2) is 16.5 Å². The number of nitrogens with zero attached hydrogens (tertiary/aromatic N) is 2. The first-order valence-corrected chi connectivity index (χ1v) is 5.43. The predicted molar refractivity (Wildman–Crippen MR) is 67.2 cm³/mol. The summed E-state index contributed by atoms with van der Waals surface area (Å²) in [6.45, 7) is 0. The molecule has 84 valence electrons. The van der Waals surface area contributed by atoms with Crippen LogP contribution in [0.1, 0.15) is 0 Å². The van der Waals surface area contributed by atoms with Gasteiger partial charge in [-0.25, -0.2) is 4.98 Å². The number of ether oxygens (including phenoxy) is 1. The Morgan fingerprint density at radius 3 is 2.94 bits per heavy atom. The van der Waals surface area contributed by atoms with E-state index < -0.39 is 0 Å². The number of aromatic nitrogens is 2. The van der Waals surface area contributed by atoms with E-state index in [0.717, 1.165) is 22.4 Å². The van der Waals surface area contributed by atoms with E-state index in [9.17, 15) is 0 Å². The minimum atomic E-state index is 0.869. The number of hydrogen-bond acceptors (Lipinski definition) is 2. The average Bonchev–Trinajstić information content (AvgIpc) is 2.86. The van der Waals surface area contributed by atoms with Gasteiger partial charge in [-0.15, -0.1) is 0 Å². The first-order valence-electron chi connectivity index (χ1n) is 5.43. The molecule has 0 atom stereocenters. The summed E-state index contributed by atoms with van der Waals surface area (Å²) in [5, 5.41) is 0. The summed E-state index contributed by atoms with van der Waals surface area (Å²) in [6.07, 6.45) is 5.71. The van der Waals surface area contributed by atoms with Crippen LogP contribution in [-0.2, 0) is 0 Å². The fraction of sp³-hybridized carbons (Fsp3) is 0.0714. The first-order chi connectivity index (χ1) is 8.36. The number of fused-ring (bicyclic) bond motifs is 1. The van der Waals surface area contributed by atoms with Crippen molar-refractivity contribution in [2.24, 2.45) is 0 Å². The fourth-order valence-corrected chi connectivity index (χ4v) is 1.89. The summed E-state index contributed by atoms with van der Waals surface area (Å²) >= 11 is 0. The maximum absolute atomic E-state index is 5.23. The molecule has 3 aromatic rings. The number of rotatable bonds is 2. The van der Waals surface area contributed by atoms with Crippen LogP contribution in [0.4, 0.5) is 0 Å². The number of hydrogen-bond donors (Lipinski definition) is 0. The summed E-state index contributed by atoms with van der Waals surface area (Å²) in [6, 6.07) is 12.2. The molecule has 2 aromatic heterocycles. The molecule has 3 nitrogen and oxygen atoms in total. The Hall–Kier alpha value is -2.29. The van der Waals surface area contributed by atoms with Crippen molar-refractivity contribution in [2.45, 2.75) is 0 Å². The van der Waals surface area contributed by atoms with Crippen molar-refractivity contribution in [3.05, 3.63) is 55.1 Å². The van der Waals surface area contributed by atoms with Crippen molar-refractivity contribution in [3.8, 4) is 16.9 Å². The van der Waals surface area contributed by atoms with E-state index in [4.69, 9.17) is 4.74 Å². The molecule has 3 rings (SSSR count). The smallest absolute Gasteiger partial charge is 0.119 e. The molecule has 1 aromatic carbocycles. The lowest BCUT2D eigenvalue weighted by Crippen LogP contribution is -1.86. The van der Waals surface area contributed by atoms with Gasteiger partial charge in [0.2, 0.25) is 0 Å². The van der Waals surface area contributed by atoms with Gasteiger partial charge in [-0.2, -0.15) is 0 Å². The van der Waals surface area contributed by atoms with E-state index in [1.54, 1.807) is 13.4 Å². The third-order valence-electron chi connectivity index (χ3n) is 2.81. The van der Waals surface area contributed by atoms with Crippen LogP contribution in [0.3, 0.4) is 0 Å². The number of methoxy groups -OCH3 is 1.